The molecule has 2 unspecified atom stereocenters. The van der Waals surface area contributed by atoms with Crippen LogP contribution in [0.15, 0.2) is 0 Å². The van der Waals surface area contributed by atoms with Gasteiger partial charge in [0.25, 0.3) is 0 Å². The molecule has 0 aliphatic carbocycles. The normalized spacial score (nSPS) is 37.4. The van der Waals surface area contributed by atoms with E-state index in [1.54, 1.807) is 0 Å². The molecule has 4 heteroatoms. The summed E-state index contributed by atoms with van der Waals surface area (Å²) in [7, 11) is 0. The summed E-state index contributed by atoms with van der Waals surface area (Å²) in [4.78, 5) is 12.0. The van der Waals surface area contributed by atoms with Gasteiger partial charge in [0, 0.05) is 6.61 Å². The first-order valence-corrected chi connectivity index (χ1v) is 6.16. The molecule has 0 aromatic heterocycles. The summed E-state index contributed by atoms with van der Waals surface area (Å²) in [6.45, 7) is 5.59. The number of epoxide rings is 1. The fourth-order valence-corrected chi connectivity index (χ4v) is 2.68. The van der Waals surface area contributed by atoms with Crippen molar-refractivity contribution in [3.63, 3.8) is 0 Å². The van der Waals surface area contributed by atoms with Crippen molar-refractivity contribution in [3.8, 4) is 0 Å². The second kappa shape index (κ2) is 4.34. The topological polar surface area (TPSA) is 48.1 Å². The van der Waals surface area contributed by atoms with E-state index in [1.165, 1.54) is 0 Å². The Morgan fingerprint density at radius 1 is 1.44 bits per heavy atom. The summed E-state index contributed by atoms with van der Waals surface area (Å²) in [5.41, 5.74) is -1.09. The molecule has 0 saturated carbocycles. The monoisotopic (exact) mass is 228 g/mol. The molecular weight excluding hydrogens is 208 g/mol. The zero-order chi connectivity index (χ0) is 11.6. The molecule has 0 aromatic carbocycles. The highest BCUT2D eigenvalue weighted by molar-refractivity contribution is 5.85. The summed E-state index contributed by atoms with van der Waals surface area (Å²) in [5, 5.41) is 0. The first-order chi connectivity index (χ1) is 7.71. The Labute approximate surface area is 96.2 Å². The second-order valence-electron chi connectivity index (χ2n) is 4.55. The highest BCUT2D eigenvalue weighted by Crippen LogP contribution is 2.56. The number of rotatable bonds is 4. The van der Waals surface area contributed by atoms with Gasteiger partial charge in [0.05, 0.1) is 13.2 Å². The number of ether oxygens (including phenoxy) is 3. The molecule has 2 aliphatic rings. The summed E-state index contributed by atoms with van der Waals surface area (Å²) >= 11 is 0. The highest BCUT2D eigenvalue weighted by Gasteiger charge is 2.75. The van der Waals surface area contributed by atoms with Gasteiger partial charge >= 0.3 is 5.97 Å². The molecule has 16 heavy (non-hydrogen) atoms. The Kier molecular flexibility index (Phi) is 3.22. The van der Waals surface area contributed by atoms with E-state index in [-0.39, 0.29) is 11.6 Å². The Morgan fingerprint density at radius 2 is 2.25 bits per heavy atom. The van der Waals surface area contributed by atoms with Gasteiger partial charge in [-0.2, -0.15) is 0 Å². The molecular formula is C12H20O4. The van der Waals surface area contributed by atoms with Gasteiger partial charge < -0.3 is 14.2 Å². The van der Waals surface area contributed by atoms with Gasteiger partial charge in [-0.1, -0.05) is 13.3 Å². The van der Waals surface area contributed by atoms with Crippen molar-refractivity contribution in [2.45, 2.75) is 50.7 Å². The maximum atomic E-state index is 12.0. The van der Waals surface area contributed by atoms with Crippen LogP contribution >= 0.6 is 0 Å². The molecule has 2 fully saturated rings. The van der Waals surface area contributed by atoms with Gasteiger partial charge in [0.1, 0.15) is 5.60 Å². The minimum Gasteiger partial charge on any atom is -0.464 e. The first-order valence-electron chi connectivity index (χ1n) is 6.16. The minimum atomic E-state index is -0.710. The molecule has 0 amide bonds. The van der Waals surface area contributed by atoms with Crippen molar-refractivity contribution < 1.29 is 19.0 Å². The molecule has 2 rings (SSSR count). The Hall–Kier alpha value is -0.610. The van der Waals surface area contributed by atoms with Crippen molar-refractivity contribution >= 4 is 5.97 Å². The molecule has 0 N–H and O–H groups in total. The van der Waals surface area contributed by atoms with Crippen LogP contribution in [-0.4, -0.2) is 37.0 Å². The zero-order valence-corrected chi connectivity index (χ0v) is 10.1. The smallest absolute Gasteiger partial charge is 0.341 e. The SMILES string of the molecule is CCCC1(C(=O)OCC)OC12CCCOC2. The largest absolute Gasteiger partial charge is 0.464 e. The molecule has 0 aromatic rings. The molecule has 2 saturated heterocycles. The molecule has 0 bridgehead atoms. The van der Waals surface area contributed by atoms with Crippen LogP contribution in [0.5, 0.6) is 0 Å². The lowest BCUT2D eigenvalue weighted by Gasteiger charge is -2.22. The summed E-state index contributed by atoms with van der Waals surface area (Å²) < 4.78 is 16.4. The van der Waals surface area contributed by atoms with E-state index < -0.39 is 5.60 Å². The van der Waals surface area contributed by atoms with Gasteiger partial charge in [-0.3, -0.25) is 0 Å². The summed E-state index contributed by atoms with van der Waals surface area (Å²) in [6.07, 6.45) is 3.52. The van der Waals surface area contributed by atoms with E-state index in [0.29, 0.717) is 13.2 Å². The van der Waals surface area contributed by atoms with Gasteiger partial charge in [-0.05, 0) is 26.2 Å². The fourth-order valence-electron chi connectivity index (χ4n) is 2.68. The van der Waals surface area contributed by atoms with Crippen LogP contribution in [0.1, 0.15) is 39.5 Å². The van der Waals surface area contributed by atoms with E-state index in [9.17, 15) is 4.79 Å². The highest BCUT2D eigenvalue weighted by atomic mass is 16.7. The number of carbonyl (C=O) groups is 1. The number of carbonyl (C=O) groups excluding carboxylic acids is 1. The molecule has 0 radical (unpaired) electrons. The second-order valence-corrected chi connectivity index (χ2v) is 4.55. The lowest BCUT2D eigenvalue weighted by Crippen LogP contribution is -2.40. The third kappa shape index (κ3) is 1.64. The van der Waals surface area contributed by atoms with Crippen molar-refractivity contribution in [2.24, 2.45) is 0 Å². The van der Waals surface area contributed by atoms with E-state index in [2.05, 4.69) is 6.92 Å². The van der Waals surface area contributed by atoms with E-state index in [1.807, 2.05) is 6.92 Å². The van der Waals surface area contributed by atoms with Gasteiger partial charge in [-0.25, -0.2) is 4.79 Å². The van der Waals surface area contributed by atoms with Gasteiger partial charge in [-0.15, -0.1) is 0 Å². The summed E-state index contributed by atoms with van der Waals surface area (Å²) in [5.74, 6) is -0.206. The average Bonchev–Trinajstić information content (AvgIpc) is 2.89. The van der Waals surface area contributed by atoms with Crippen LogP contribution in [0.4, 0.5) is 0 Å². The lowest BCUT2D eigenvalue weighted by atomic mass is 9.85. The summed E-state index contributed by atoms with van der Waals surface area (Å²) in [6, 6.07) is 0. The maximum absolute atomic E-state index is 12.0. The van der Waals surface area contributed by atoms with Crippen LogP contribution in [0.25, 0.3) is 0 Å². The molecule has 2 heterocycles. The van der Waals surface area contributed by atoms with Gasteiger partial charge in [0.15, 0.2) is 5.60 Å². The quantitative estimate of drug-likeness (QED) is 0.542. The van der Waals surface area contributed by atoms with Gasteiger partial charge in [0.2, 0.25) is 0 Å². The molecule has 4 nitrogen and oxygen atoms in total. The van der Waals surface area contributed by atoms with Crippen LogP contribution < -0.4 is 0 Å². The average molecular weight is 228 g/mol. The van der Waals surface area contributed by atoms with Crippen molar-refractivity contribution in [1.29, 1.82) is 0 Å². The Bertz CT molecular complexity index is 270. The van der Waals surface area contributed by atoms with Crippen molar-refractivity contribution in [3.05, 3.63) is 0 Å². The standard InChI is InChI=1S/C12H20O4/c1-3-6-12(10(13)15-4-2)11(16-12)7-5-8-14-9-11/h3-9H2,1-2H3. The van der Waals surface area contributed by atoms with E-state index in [4.69, 9.17) is 14.2 Å². The molecule has 92 valence electrons. The molecule has 2 atom stereocenters. The predicted molar refractivity (Wildman–Crippen MR) is 58.1 cm³/mol. The van der Waals surface area contributed by atoms with E-state index in [0.717, 1.165) is 32.3 Å². The first kappa shape index (κ1) is 11.9. The maximum Gasteiger partial charge on any atom is 0.341 e. The zero-order valence-electron chi connectivity index (χ0n) is 10.1. The minimum absolute atomic E-state index is 0.206. The van der Waals surface area contributed by atoms with Crippen LogP contribution in [-0.2, 0) is 19.0 Å². The van der Waals surface area contributed by atoms with Crippen LogP contribution in [0, 0.1) is 0 Å². The molecule has 1 spiro atoms. The lowest BCUT2D eigenvalue weighted by molar-refractivity contribution is -0.150. The third-order valence-corrected chi connectivity index (χ3v) is 3.48. The predicted octanol–water partition coefficient (Wildman–Crippen LogP) is 1.67. The third-order valence-electron chi connectivity index (χ3n) is 3.48. The fraction of sp³-hybridized carbons (Fsp3) is 0.917. The number of hydrogen-bond acceptors (Lipinski definition) is 4. The van der Waals surface area contributed by atoms with E-state index >= 15 is 0 Å². The van der Waals surface area contributed by atoms with Crippen LogP contribution in [0.3, 0.4) is 0 Å². The number of esters is 1. The van der Waals surface area contributed by atoms with Crippen molar-refractivity contribution in [2.75, 3.05) is 19.8 Å². The Morgan fingerprint density at radius 3 is 2.81 bits per heavy atom. The van der Waals surface area contributed by atoms with Crippen LogP contribution in [0.2, 0.25) is 0 Å². The van der Waals surface area contributed by atoms with Crippen molar-refractivity contribution in [1.82, 2.24) is 0 Å². The number of hydrogen-bond donors (Lipinski definition) is 0. The Balaban J connectivity index is 2.10. The molecule has 2 aliphatic heterocycles.